The maximum Gasteiger partial charge on any atom is 0.472 e. The second kappa shape index (κ2) is 57.2. The van der Waals surface area contributed by atoms with Crippen molar-refractivity contribution in [2.75, 3.05) is 40.9 Å². The van der Waals surface area contributed by atoms with Crippen LogP contribution in [0.2, 0.25) is 0 Å². The number of nitrogens with one attached hydrogen (secondary N) is 1. The molecule has 450 valence electrons. The Kier molecular flexibility index (Phi) is 54.9. The Morgan fingerprint density at radius 2 is 0.821 bits per heavy atom. The van der Waals surface area contributed by atoms with Gasteiger partial charge in [0.25, 0.3) is 0 Å². The van der Waals surface area contributed by atoms with E-state index >= 15 is 0 Å². The minimum Gasteiger partial charge on any atom is -0.456 e. The Morgan fingerprint density at radius 3 is 1.26 bits per heavy atom. The molecule has 0 aliphatic carbocycles. The SMILES string of the molecule is CC/C=C\C/C=C\C/C=C\C/C=C\C/C=C\C/C=C\CCCCCCCCC(=O)OC(/C=C\CCCCCCCCCCCCC)C(COP(=O)(O)OCC[N+](C)(C)C)NC(=O)CCCCC/C=C\CCCCCCCCC. The molecular weight excluding hydrogens is 988 g/mol. The van der Waals surface area contributed by atoms with Crippen LogP contribution in [-0.4, -0.2) is 74.3 Å². The summed E-state index contributed by atoms with van der Waals surface area (Å²) in [5, 5.41) is 3.04. The number of rotatable bonds is 57. The van der Waals surface area contributed by atoms with E-state index in [1.54, 1.807) is 0 Å². The van der Waals surface area contributed by atoms with Crippen LogP contribution in [0.1, 0.15) is 271 Å². The van der Waals surface area contributed by atoms with Crippen LogP contribution in [-0.2, 0) is 27.9 Å². The first-order valence-electron chi connectivity index (χ1n) is 32.1. The highest BCUT2D eigenvalue weighted by Crippen LogP contribution is 2.43. The highest BCUT2D eigenvalue weighted by Gasteiger charge is 2.30. The van der Waals surface area contributed by atoms with E-state index in [4.69, 9.17) is 13.8 Å². The van der Waals surface area contributed by atoms with Crippen LogP contribution < -0.4 is 5.32 Å². The summed E-state index contributed by atoms with van der Waals surface area (Å²) in [6.07, 6.45) is 76.9. The van der Waals surface area contributed by atoms with Crippen LogP contribution >= 0.6 is 7.82 Å². The van der Waals surface area contributed by atoms with Crippen molar-refractivity contribution in [3.8, 4) is 0 Å². The number of carbonyl (C=O) groups excluding carboxylic acids is 2. The molecule has 0 aliphatic rings. The number of hydrogen-bond donors (Lipinski definition) is 2. The van der Waals surface area contributed by atoms with E-state index in [0.717, 1.165) is 135 Å². The lowest BCUT2D eigenvalue weighted by atomic mass is 10.0. The van der Waals surface area contributed by atoms with Crippen molar-refractivity contribution in [3.63, 3.8) is 0 Å². The lowest BCUT2D eigenvalue weighted by molar-refractivity contribution is -0.870. The van der Waals surface area contributed by atoms with Gasteiger partial charge in [-0.3, -0.25) is 18.6 Å². The first kappa shape index (κ1) is 74.9. The van der Waals surface area contributed by atoms with Gasteiger partial charge in [-0.2, -0.15) is 0 Å². The van der Waals surface area contributed by atoms with Gasteiger partial charge in [0.05, 0.1) is 33.8 Å². The molecule has 0 fully saturated rings. The average Bonchev–Trinajstić information content (AvgIpc) is 3.40. The number of likely N-dealkylation sites (N-methyl/N-ethyl adjacent to an activating group) is 1. The van der Waals surface area contributed by atoms with Crippen molar-refractivity contribution in [3.05, 3.63) is 97.2 Å². The van der Waals surface area contributed by atoms with Gasteiger partial charge in [-0.15, -0.1) is 0 Å². The molecule has 0 rings (SSSR count). The fraction of sp³-hybridized carbons (Fsp3) is 0.735. The lowest BCUT2D eigenvalue weighted by Crippen LogP contribution is -2.47. The number of phosphoric ester groups is 1. The van der Waals surface area contributed by atoms with Crippen molar-refractivity contribution < 1.29 is 37.3 Å². The smallest absolute Gasteiger partial charge is 0.456 e. The third-order valence-corrected chi connectivity index (χ3v) is 14.7. The molecule has 0 saturated heterocycles. The molecule has 2 N–H and O–H groups in total. The first-order chi connectivity index (χ1) is 37.9. The molecule has 0 aromatic heterocycles. The Balaban J connectivity index is 5.25. The van der Waals surface area contributed by atoms with E-state index in [-0.39, 0.29) is 31.5 Å². The Hall–Kier alpha value is -3.07. The second-order valence-electron chi connectivity index (χ2n) is 22.5. The molecule has 0 radical (unpaired) electrons. The summed E-state index contributed by atoms with van der Waals surface area (Å²) in [5.41, 5.74) is 0. The number of unbranched alkanes of at least 4 members (excludes halogenated alkanes) is 27. The molecule has 3 unspecified atom stereocenters. The number of ether oxygens (including phenoxy) is 1. The molecule has 1 amide bonds. The van der Waals surface area contributed by atoms with Gasteiger partial charge in [0.1, 0.15) is 19.3 Å². The molecule has 3 atom stereocenters. The second-order valence-corrected chi connectivity index (χ2v) is 24.0. The molecule has 0 heterocycles. The highest BCUT2D eigenvalue weighted by molar-refractivity contribution is 7.47. The van der Waals surface area contributed by atoms with E-state index in [2.05, 4.69) is 111 Å². The molecule has 10 heteroatoms. The van der Waals surface area contributed by atoms with E-state index in [0.29, 0.717) is 17.4 Å². The van der Waals surface area contributed by atoms with Crippen LogP contribution in [0.4, 0.5) is 0 Å². The highest BCUT2D eigenvalue weighted by atomic mass is 31.2. The van der Waals surface area contributed by atoms with Crippen LogP contribution in [0.25, 0.3) is 0 Å². The zero-order valence-corrected chi connectivity index (χ0v) is 52.3. The van der Waals surface area contributed by atoms with Gasteiger partial charge in [-0.1, -0.05) is 247 Å². The monoisotopic (exact) mass is 1110 g/mol. The minimum absolute atomic E-state index is 0.0311. The van der Waals surface area contributed by atoms with Crippen molar-refractivity contribution in [2.45, 2.75) is 283 Å². The summed E-state index contributed by atoms with van der Waals surface area (Å²) in [6, 6.07) is -0.867. The summed E-state index contributed by atoms with van der Waals surface area (Å²) in [5.74, 6) is -0.542. The molecule has 78 heavy (non-hydrogen) atoms. The number of nitrogens with zero attached hydrogens (tertiary/aromatic N) is 1. The number of quaternary nitrogens is 1. The first-order valence-corrected chi connectivity index (χ1v) is 33.6. The fourth-order valence-corrected chi connectivity index (χ4v) is 9.56. The molecule has 0 aromatic carbocycles. The zero-order valence-electron chi connectivity index (χ0n) is 51.4. The largest absolute Gasteiger partial charge is 0.472 e. The third-order valence-electron chi connectivity index (χ3n) is 13.8. The number of amides is 1. The van der Waals surface area contributed by atoms with Gasteiger partial charge < -0.3 is 19.4 Å². The molecular formula is C68H122N2O7P+. The Bertz CT molecular complexity index is 1660. The van der Waals surface area contributed by atoms with Crippen molar-refractivity contribution >= 4 is 19.7 Å². The number of esters is 1. The zero-order chi connectivity index (χ0) is 57.2. The van der Waals surface area contributed by atoms with Gasteiger partial charge in [-0.05, 0) is 109 Å². The normalized spacial score (nSPS) is 14.3. The van der Waals surface area contributed by atoms with Crippen LogP contribution in [0.15, 0.2) is 97.2 Å². The summed E-state index contributed by atoms with van der Waals surface area (Å²) in [6.45, 7) is 6.87. The topological polar surface area (TPSA) is 111 Å². The quantitative estimate of drug-likeness (QED) is 0.0205. The number of phosphoric acid groups is 1. The number of allylic oxidation sites excluding steroid dienone is 15. The molecule has 0 saturated carbocycles. The van der Waals surface area contributed by atoms with Crippen molar-refractivity contribution in [1.29, 1.82) is 0 Å². The lowest BCUT2D eigenvalue weighted by Gasteiger charge is -2.27. The standard InChI is InChI=1S/C68H121N2O7P/c1-7-10-13-16-19-22-25-28-30-31-32-33-34-35-36-37-38-39-40-43-46-49-52-55-58-61-68(72)77-66(59-56-53-50-47-44-41-27-24-21-18-15-12-9-3)65(64-76-78(73,74)75-63-62-70(4,5)6)69-67(71)60-57-54-51-48-45-42-29-26-23-20-17-14-11-8-2/h10,13,19,22,28,30,32-33,35-36,38-39,42,45,56,59,65-66H,7-9,11-12,14-18,20-21,23-27,29,31,34,37,40-41,43-44,46-55,57-58,60-64H2,1-6H3,(H-,69,71,73,74)/p+1/b13-10-,22-19-,30-28-,33-32-,36-35-,39-38-,45-42-,59-56-. The minimum atomic E-state index is -4.46. The maximum absolute atomic E-state index is 13.5. The van der Waals surface area contributed by atoms with Gasteiger partial charge in [-0.25, -0.2) is 4.57 Å². The van der Waals surface area contributed by atoms with E-state index in [1.807, 2.05) is 33.3 Å². The Labute approximate surface area is 481 Å². The molecule has 0 spiro atoms. The third kappa shape index (κ3) is 57.6. The summed E-state index contributed by atoms with van der Waals surface area (Å²) >= 11 is 0. The fourth-order valence-electron chi connectivity index (χ4n) is 8.82. The summed E-state index contributed by atoms with van der Waals surface area (Å²) < 4.78 is 30.7. The predicted octanol–water partition coefficient (Wildman–Crippen LogP) is 19.9. The van der Waals surface area contributed by atoms with Gasteiger partial charge in [0, 0.05) is 12.8 Å². The van der Waals surface area contributed by atoms with E-state index < -0.39 is 20.0 Å². The molecule has 9 nitrogen and oxygen atoms in total. The van der Waals surface area contributed by atoms with Gasteiger partial charge in [0.2, 0.25) is 5.91 Å². The summed E-state index contributed by atoms with van der Waals surface area (Å²) in [7, 11) is 1.47. The van der Waals surface area contributed by atoms with Crippen LogP contribution in [0, 0.1) is 0 Å². The Morgan fingerprint density at radius 1 is 0.462 bits per heavy atom. The van der Waals surface area contributed by atoms with Gasteiger partial charge in [0.15, 0.2) is 0 Å². The van der Waals surface area contributed by atoms with E-state index in [9.17, 15) is 19.0 Å². The predicted molar refractivity (Wildman–Crippen MR) is 337 cm³/mol. The van der Waals surface area contributed by atoms with Crippen molar-refractivity contribution in [1.82, 2.24) is 5.32 Å². The number of carbonyl (C=O) groups is 2. The van der Waals surface area contributed by atoms with E-state index in [1.165, 1.54) is 103 Å². The summed E-state index contributed by atoms with van der Waals surface area (Å²) in [4.78, 5) is 37.7. The molecule has 0 aliphatic heterocycles. The molecule has 0 aromatic rings. The van der Waals surface area contributed by atoms with Crippen molar-refractivity contribution in [2.24, 2.45) is 0 Å². The number of hydrogen-bond acceptors (Lipinski definition) is 6. The average molecular weight is 1110 g/mol. The van der Waals surface area contributed by atoms with Crippen LogP contribution in [0.3, 0.4) is 0 Å². The van der Waals surface area contributed by atoms with Crippen LogP contribution in [0.5, 0.6) is 0 Å². The van der Waals surface area contributed by atoms with Gasteiger partial charge >= 0.3 is 13.8 Å². The maximum atomic E-state index is 13.5. The molecule has 0 bridgehead atoms.